The van der Waals surface area contributed by atoms with Crippen molar-refractivity contribution >= 4 is 5.78 Å². The van der Waals surface area contributed by atoms with Crippen LogP contribution in [-0.4, -0.2) is 12.9 Å². The van der Waals surface area contributed by atoms with Gasteiger partial charge in [-0.25, -0.2) is 0 Å². The zero-order valence-electron chi connectivity index (χ0n) is 12.4. The number of ether oxygens (including phenoxy) is 1. The number of rotatable bonds is 2. The highest BCUT2D eigenvalue weighted by Crippen LogP contribution is 2.42. The van der Waals surface area contributed by atoms with E-state index in [-0.39, 0.29) is 11.3 Å². The highest BCUT2D eigenvalue weighted by molar-refractivity contribution is 5.86. The highest BCUT2D eigenvalue weighted by Gasteiger charge is 2.35. The SMILES string of the molecule is COc1ccc(C2CC(C(C)(C)C)CCC2=O)cc1. The number of carbonyl (C=O) groups excluding carboxylic acids is 1. The molecule has 2 rings (SSSR count). The van der Waals surface area contributed by atoms with E-state index in [0.717, 1.165) is 30.6 Å². The second-order valence-corrected chi connectivity index (χ2v) is 6.63. The topological polar surface area (TPSA) is 26.3 Å². The second-order valence-electron chi connectivity index (χ2n) is 6.63. The lowest BCUT2D eigenvalue weighted by Gasteiger charge is -2.37. The zero-order chi connectivity index (χ0) is 14.0. The van der Waals surface area contributed by atoms with E-state index in [1.165, 1.54) is 0 Å². The van der Waals surface area contributed by atoms with E-state index < -0.39 is 0 Å². The van der Waals surface area contributed by atoms with Crippen molar-refractivity contribution in [1.29, 1.82) is 0 Å². The van der Waals surface area contributed by atoms with E-state index in [1.54, 1.807) is 7.11 Å². The Bertz CT molecular complexity index is 439. The second kappa shape index (κ2) is 5.36. The third-order valence-electron chi connectivity index (χ3n) is 4.39. The minimum Gasteiger partial charge on any atom is -0.497 e. The Balaban J connectivity index is 2.18. The van der Waals surface area contributed by atoms with E-state index in [0.29, 0.717) is 11.7 Å². The van der Waals surface area contributed by atoms with Crippen LogP contribution in [0.5, 0.6) is 5.75 Å². The van der Waals surface area contributed by atoms with Crippen LogP contribution < -0.4 is 4.74 Å². The van der Waals surface area contributed by atoms with Crippen molar-refractivity contribution in [3.05, 3.63) is 29.8 Å². The maximum absolute atomic E-state index is 12.2. The third-order valence-corrected chi connectivity index (χ3v) is 4.39. The number of hydrogen-bond donors (Lipinski definition) is 0. The summed E-state index contributed by atoms with van der Waals surface area (Å²) in [6, 6.07) is 7.96. The van der Waals surface area contributed by atoms with E-state index in [9.17, 15) is 4.79 Å². The molecule has 2 unspecified atom stereocenters. The maximum atomic E-state index is 12.2. The molecule has 1 fully saturated rings. The Morgan fingerprint density at radius 2 is 1.79 bits per heavy atom. The molecule has 1 saturated carbocycles. The molecule has 19 heavy (non-hydrogen) atoms. The summed E-state index contributed by atoms with van der Waals surface area (Å²) in [5, 5.41) is 0. The highest BCUT2D eigenvalue weighted by atomic mass is 16.5. The molecule has 0 amide bonds. The predicted molar refractivity (Wildman–Crippen MR) is 77.5 cm³/mol. The molecule has 2 heteroatoms. The number of carbonyl (C=O) groups is 1. The fraction of sp³-hybridized carbons (Fsp3) is 0.588. The van der Waals surface area contributed by atoms with Crippen LogP contribution >= 0.6 is 0 Å². The first-order valence-corrected chi connectivity index (χ1v) is 7.08. The lowest BCUT2D eigenvalue weighted by molar-refractivity contribution is -0.123. The van der Waals surface area contributed by atoms with Gasteiger partial charge in [0.05, 0.1) is 7.11 Å². The Labute approximate surface area is 116 Å². The van der Waals surface area contributed by atoms with E-state index in [4.69, 9.17) is 4.74 Å². The van der Waals surface area contributed by atoms with Gasteiger partial charge in [-0.15, -0.1) is 0 Å². The fourth-order valence-electron chi connectivity index (χ4n) is 2.97. The minimum absolute atomic E-state index is 0.0730. The van der Waals surface area contributed by atoms with Crippen LogP contribution in [0.4, 0.5) is 0 Å². The minimum atomic E-state index is 0.0730. The van der Waals surface area contributed by atoms with Crippen molar-refractivity contribution in [3.8, 4) is 5.75 Å². The van der Waals surface area contributed by atoms with Crippen molar-refractivity contribution in [1.82, 2.24) is 0 Å². The fourth-order valence-corrected chi connectivity index (χ4v) is 2.97. The summed E-state index contributed by atoms with van der Waals surface area (Å²) < 4.78 is 5.17. The quantitative estimate of drug-likeness (QED) is 0.796. The molecular weight excluding hydrogens is 236 g/mol. The van der Waals surface area contributed by atoms with E-state index in [1.807, 2.05) is 24.3 Å². The van der Waals surface area contributed by atoms with Crippen LogP contribution in [-0.2, 0) is 4.79 Å². The van der Waals surface area contributed by atoms with Crippen LogP contribution in [0.2, 0.25) is 0 Å². The number of benzene rings is 1. The molecular formula is C17H24O2. The average Bonchev–Trinajstić information content (AvgIpc) is 2.38. The molecule has 0 aliphatic heterocycles. The first-order chi connectivity index (χ1) is 8.91. The van der Waals surface area contributed by atoms with Crippen LogP contribution in [0.3, 0.4) is 0 Å². The zero-order valence-corrected chi connectivity index (χ0v) is 12.4. The van der Waals surface area contributed by atoms with Gasteiger partial charge < -0.3 is 4.74 Å². The molecule has 0 heterocycles. The first-order valence-electron chi connectivity index (χ1n) is 7.08. The van der Waals surface area contributed by atoms with Gasteiger partial charge in [0.2, 0.25) is 0 Å². The van der Waals surface area contributed by atoms with Crippen molar-refractivity contribution < 1.29 is 9.53 Å². The van der Waals surface area contributed by atoms with Gasteiger partial charge in [-0.05, 0) is 41.9 Å². The number of Topliss-reactive ketones (excluding diaryl/α,β-unsaturated/α-hetero) is 1. The molecule has 0 spiro atoms. The molecule has 0 saturated heterocycles. The van der Waals surface area contributed by atoms with Crippen LogP contribution in [0.25, 0.3) is 0 Å². The van der Waals surface area contributed by atoms with E-state index in [2.05, 4.69) is 20.8 Å². The third kappa shape index (κ3) is 3.17. The molecule has 1 aliphatic rings. The van der Waals surface area contributed by atoms with Crippen molar-refractivity contribution in [3.63, 3.8) is 0 Å². The van der Waals surface area contributed by atoms with Crippen LogP contribution in [0.15, 0.2) is 24.3 Å². The summed E-state index contributed by atoms with van der Waals surface area (Å²) >= 11 is 0. The summed E-state index contributed by atoms with van der Waals surface area (Å²) in [6.07, 6.45) is 2.74. The maximum Gasteiger partial charge on any atom is 0.140 e. The first kappa shape index (κ1) is 14.1. The summed E-state index contributed by atoms with van der Waals surface area (Å²) in [5.41, 5.74) is 1.42. The number of methoxy groups -OCH3 is 1. The molecule has 1 aromatic rings. The molecule has 0 bridgehead atoms. The summed E-state index contributed by atoms with van der Waals surface area (Å²) in [4.78, 5) is 12.2. The standard InChI is InChI=1S/C17H24O2/c1-17(2,3)13-7-10-16(18)15(11-13)12-5-8-14(19-4)9-6-12/h5-6,8-9,13,15H,7,10-11H2,1-4H3. The number of ketones is 1. The van der Waals surface area contributed by atoms with Crippen LogP contribution in [0.1, 0.15) is 51.5 Å². The summed E-state index contributed by atoms with van der Waals surface area (Å²) in [7, 11) is 1.66. The lowest BCUT2D eigenvalue weighted by Crippen LogP contribution is -2.30. The lowest BCUT2D eigenvalue weighted by atomic mass is 9.67. The molecule has 2 nitrogen and oxygen atoms in total. The smallest absolute Gasteiger partial charge is 0.140 e. The molecule has 1 aliphatic carbocycles. The van der Waals surface area contributed by atoms with Gasteiger partial charge in [0, 0.05) is 12.3 Å². The molecule has 2 atom stereocenters. The Hall–Kier alpha value is -1.31. The summed E-state index contributed by atoms with van der Waals surface area (Å²) in [6.45, 7) is 6.83. The Morgan fingerprint density at radius 1 is 1.16 bits per heavy atom. The van der Waals surface area contributed by atoms with Gasteiger partial charge in [-0.1, -0.05) is 32.9 Å². The van der Waals surface area contributed by atoms with Gasteiger partial charge in [-0.2, -0.15) is 0 Å². The van der Waals surface area contributed by atoms with Crippen molar-refractivity contribution in [2.24, 2.45) is 11.3 Å². The normalized spacial score (nSPS) is 24.3. The molecule has 0 radical (unpaired) electrons. The van der Waals surface area contributed by atoms with E-state index >= 15 is 0 Å². The van der Waals surface area contributed by atoms with Gasteiger partial charge in [0.1, 0.15) is 11.5 Å². The monoisotopic (exact) mass is 260 g/mol. The van der Waals surface area contributed by atoms with Crippen molar-refractivity contribution in [2.75, 3.05) is 7.11 Å². The molecule has 0 N–H and O–H groups in total. The molecule has 0 aromatic heterocycles. The van der Waals surface area contributed by atoms with Gasteiger partial charge in [0.25, 0.3) is 0 Å². The van der Waals surface area contributed by atoms with Gasteiger partial charge in [0.15, 0.2) is 0 Å². The summed E-state index contributed by atoms with van der Waals surface area (Å²) in [5.74, 6) is 1.94. The van der Waals surface area contributed by atoms with Crippen LogP contribution in [0, 0.1) is 11.3 Å². The molecule has 104 valence electrons. The largest absolute Gasteiger partial charge is 0.497 e. The van der Waals surface area contributed by atoms with Gasteiger partial charge >= 0.3 is 0 Å². The number of hydrogen-bond acceptors (Lipinski definition) is 2. The average molecular weight is 260 g/mol. The van der Waals surface area contributed by atoms with Gasteiger partial charge in [-0.3, -0.25) is 4.79 Å². The predicted octanol–water partition coefficient (Wildman–Crippen LogP) is 4.19. The Morgan fingerprint density at radius 3 is 2.32 bits per heavy atom. The molecule has 1 aromatic carbocycles. The Kier molecular flexibility index (Phi) is 3.98. The van der Waals surface area contributed by atoms with Crippen molar-refractivity contribution in [2.45, 2.75) is 46.0 Å².